The maximum Gasteiger partial charge on any atom is 0.254 e. The number of piperidine rings is 1. The SMILES string of the molecule is COc1cc(OC)cc(C(=O)N2CCC(Nc3cc(OC)ccc3OC)CC2)c1. The fraction of sp³-hybridized carbons (Fsp3) is 0.409. The van der Waals surface area contributed by atoms with Crippen molar-refractivity contribution in [3.05, 3.63) is 42.0 Å². The van der Waals surface area contributed by atoms with Crippen molar-refractivity contribution in [3.63, 3.8) is 0 Å². The van der Waals surface area contributed by atoms with Crippen molar-refractivity contribution in [3.8, 4) is 23.0 Å². The molecular formula is C22H28N2O5. The summed E-state index contributed by atoms with van der Waals surface area (Å²) in [7, 11) is 6.44. The van der Waals surface area contributed by atoms with E-state index < -0.39 is 0 Å². The van der Waals surface area contributed by atoms with Crippen LogP contribution in [0.4, 0.5) is 5.69 Å². The van der Waals surface area contributed by atoms with Crippen LogP contribution in [0.1, 0.15) is 23.2 Å². The summed E-state index contributed by atoms with van der Waals surface area (Å²) >= 11 is 0. The molecule has 1 amide bonds. The van der Waals surface area contributed by atoms with Crippen molar-refractivity contribution in [1.29, 1.82) is 0 Å². The van der Waals surface area contributed by atoms with Gasteiger partial charge in [0.15, 0.2) is 0 Å². The van der Waals surface area contributed by atoms with E-state index in [-0.39, 0.29) is 11.9 Å². The van der Waals surface area contributed by atoms with Crippen LogP contribution in [0.3, 0.4) is 0 Å². The molecule has 0 unspecified atom stereocenters. The van der Waals surface area contributed by atoms with E-state index in [2.05, 4.69) is 5.32 Å². The Bertz CT molecular complexity index is 825. The van der Waals surface area contributed by atoms with E-state index >= 15 is 0 Å². The second-order valence-electron chi connectivity index (χ2n) is 6.88. The fourth-order valence-corrected chi connectivity index (χ4v) is 3.49. The average Bonchev–Trinajstić information content (AvgIpc) is 2.78. The third-order valence-electron chi connectivity index (χ3n) is 5.15. The second kappa shape index (κ2) is 9.41. The number of benzene rings is 2. The van der Waals surface area contributed by atoms with Crippen LogP contribution >= 0.6 is 0 Å². The van der Waals surface area contributed by atoms with Crippen molar-refractivity contribution in [2.75, 3.05) is 46.8 Å². The lowest BCUT2D eigenvalue weighted by molar-refractivity contribution is 0.0717. The van der Waals surface area contributed by atoms with Crippen molar-refractivity contribution in [1.82, 2.24) is 4.90 Å². The van der Waals surface area contributed by atoms with Crippen LogP contribution in [-0.4, -0.2) is 58.4 Å². The highest BCUT2D eigenvalue weighted by Crippen LogP contribution is 2.31. The standard InChI is InChI=1S/C22H28N2O5/c1-26-17-5-6-21(29-4)20(14-17)23-16-7-9-24(10-8-16)22(25)15-11-18(27-2)13-19(12-15)28-3/h5-6,11-14,16,23H,7-10H2,1-4H3. The summed E-state index contributed by atoms with van der Waals surface area (Å²) in [5.41, 5.74) is 1.47. The molecule has 1 fully saturated rings. The molecule has 1 heterocycles. The molecule has 7 nitrogen and oxygen atoms in total. The number of likely N-dealkylation sites (tertiary alicyclic amines) is 1. The molecule has 0 spiro atoms. The number of carbonyl (C=O) groups excluding carboxylic acids is 1. The van der Waals surface area contributed by atoms with Crippen molar-refractivity contribution >= 4 is 11.6 Å². The van der Waals surface area contributed by atoms with Gasteiger partial charge in [-0.3, -0.25) is 4.79 Å². The van der Waals surface area contributed by atoms with Gasteiger partial charge in [0, 0.05) is 36.8 Å². The van der Waals surface area contributed by atoms with E-state index in [9.17, 15) is 4.79 Å². The Labute approximate surface area is 171 Å². The first-order valence-electron chi connectivity index (χ1n) is 9.58. The summed E-state index contributed by atoms with van der Waals surface area (Å²) < 4.78 is 21.3. The predicted octanol–water partition coefficient (Wildman–Crippen LogP) is 3.44. The monoisotopic (exact) mass is 400 g/mol. The number of anilines is 1. The zero-order valence-corrected chi connectivity index (χ0v) is 17.4. The number of rotatable bonds is 7. The maximum absolute atomic E-state index is 12.9. The Morgan fingerprint density at radius 3 is 2.03 bits per heavy atom. The molecule has 0 bridgehead atoms. The molecule has 1 aliphatic rings. The molecule has 0 atom stereocenters. The van der Waals surface area contributed by atoms with Gasteiger partial charge < -0.3 is 29.2 Å². The summed E-state index contributed by atoms with van der Waals surface area (Å²) in [6.45, 7) is 1.34. The Balaban J connectivity index is 1.64. The molecule has 7 heteroatoms. The fourth-order valence-electron chi connectivity index (χ4n) is 3.49. The van der Waals surface area contributed by atoms with E-state index in [0.29, 0.717) is 30.2 Å². The topological polar surface area (TPSA) is 69.3 Å². The molecular weight excluding hydrogens is 372 g/mol. The number of amides is 1. The maximum atomic E-state index is 12.9. The average molecular weight is 400 g/mol. The summed E-state index contributed by atoms with van der Waals surface area (Å²) in [6, 6.07) is 11.2. The molecule has 2 aromatic carbocycles. The minimum absolute atomic E-state index is 0.0142. The molecule has 0 radical (unpaired) electrons. The first kappa shape index (κ1) is 20.6. The summed E-state index contributed by atoms with van der Waals surface area (Å²) in [4.78, 5) is 14.8. The highest BCUT2D eigenvalue weighted by Gasteiger charge is 2.25. The predicted molar refractivity (Wildman–Crippen MR) is 112 cm³/mol. The Hall–Kier alpha value is -3.09. The lowest BCUT2D eigenvalue weighted by Gasteiger charge is -2.33. The van der Waals surface area contributed by atoms with Gasteiger partial charge in [0.25, 0.3) is 5.91 Å². The van der Waals surface area contributed by atoms with Crippen LogP contribution in [0.15, 0.2) is 36.4 Å². The number of carbonyl (C=O) groups is 1. The van der Waals surface area contributed by atoms with E-state index in [0.717, 1.165) is 30.0 Å². The molecule has 1 saturated heterocycles. The molecule has 0 aliphatic carbocycles. The lowest BCUT2D eigenvalue weighted by Crippen LogP contribution is -2.42. The Morgan fingerprint density at radius 1 is 0.862 bits per heavy atom. The summed E-state index contributed by atoms with van der Waals surface area (Å²) in [6.07, 6.45) is 1.68. The van der Waals surface area contributed by atoms with Crippen LogP contribution in [0.25, 0.3) is 0 Å². The Morgan fingerprint density at radius 2 is 1.48 bits per heavy atom. The normalized spacial score (nSPS) is 14.3. The molecule has 3 rings (SSSR count). The van der Waals surface area contributed by atoms with E-state index in [4.69, 9.17) is 18.9 Å². The summed E-state index contributed by atoms with van der Waals surface area (Å²) in [5, 5.41) is 3.53. The first-order valence-corrected chi connectivity index (χ1v) is 9.58. The first-order chi connectivity index (χ1) is 14.1. The molecule has 1 aliphatic heterocycles. The van der Waals surface area contributed by atoms with E-state index in [1.165, 1.54) is 0 Å². The summed E-state index contributed by atoms with van der Waals surface area (Å²) in [5.74, 6) is 2.74. The molecule has 156 valence electrons. The molecule has 0 saturated carbocycles. The van der Waals surface area contributed by atoms with Crippen LogP contribution in [0.5, 0.6) is 23.0 Å². The second-order valence-corrected chi connectivity index (χ2v) is 6.88. The quantitative estimate of drug-likeness (QED) is 0.768. The third kappa shape index (κ3) is 4.85. The highest BCUT2D eigenvalue weighted by molar-refractivity contribution is 5.95. The molecule has 1 N–H and O–H groups in total. The van der Waals surface area contributed by atoms with Crippen LogP contribution < -0.4 is 24.3 Å². The van der Waals surface area contributed by atoms with Crippen LogP contribution in [0, 0.1) is 0 Å². The zero-order valence-electron chi connectivity index (χ0n) is 17.4. The molecule has 0 aromatic heterocycles. The van der Waals surface area contributed by atoms with Crippen LogP contribution in [0.2, 0.25) is 0 Å². The largest absolute Gasteiger partial charge is 0.497 e. The van der Waals surface area contributed by atoms with E-state index in [1.54, 1.807) is 46.6 Å². The lowest BCUT2D eigenvalue weighted by atomic mass is 10.0. The number of methoxy groups -OCH3 is 4. The van der Waals surface area contributed by atoms with Gasteiger partial charge in [0.2, 0.25) is 0 Å². The van der Waals surface area contributed by atoms with Crippen LogP contribution in [-0.2, 0) is 0 Å². The number of nitrogens with one attached hydrogen (secondary N) is 1. The highest BCUT2D eigenvalue weighted by atomic mass is 16.5. The van der Waals surface area contributed by atoms with Gasteiger partial charge in [-0.1, -0.05) is 0 Å². The number of hydrogen-bond donors (Lipinski definition) is 1. The van der Waals surface area contributed by atoms with Gasteiger partial charge in [0.05, 0.1) is 34.1 Å². The van der Waals surface area contributed by atoms with Gasteiger partial charge >= 0.3 is 0 Å². The van der Waals surface area contributed by atoms with Crippen molar-refractivity contribution in [2.45, 2.75) is 18.9 Å². The molecule has 2 aromatic rings. The van der Waals surface area contributed by atoms with Gasteiger partial charge in [-0.05, 0) is 37.1 Å². The zero-order chi connectivity index (χ0) is 20.8. The molecule has 29 heavy (non-hydrogen) atoms. The smallest absolute Gasteiger partial charge is 0.254 e. The number of hydrogen-bond acceptors (Lipinski definition) is 6. The van der Waals surface area contributed by atoms with Gasteiger partial charge in [-0.25, -0.2) is 0 Å². The van der Waals surface area contributed by atoms with Gasteiger partial charge in [-0.2, -0.15) is 0 Å². The third-order valence-corrected chi connectivity index (χ3v) is 5.15. The minimum Gasteiger partial charge on any atom is -0.497 e. The minimum atomic E-state index is -0.0142. The number of nitrogens with zero attached hydrogens (tertiary/aromatic N) is 1. The van der Waals surface area contributed by atoms with Crippen molar-refractivity contribution < 1.29 is 23.7 Å². The number of ether oxygens (including phenoxy) is 4. The van der Waals surface area contributed by atoms with Crippen molar-refractivity contribution in [2.24, 2.45) is 0 Å². The van der Waals surface area contributed by atoms with E-state index in [1.807, 2.05) is 23.1 Å². The van der Waals surface area contributed by atoms with Gasteiger partial charge in [0.1, 0.15) is 23.0 Å². The Kier molecular flexibility index (Phi) is 6.69. The van der Waals surface area contributed by atoms with Gasteiger partial charge in [-0.15, -0.1) is 0 Å².